The smallest absolute Gasteiger partial charge is 0.224 e. The van der Waals surface area contributed by atoms with Crippen molar-refractivity contribution in [2.24, 2.45) is 35.0 Å². The predicted octanol–water partition coefficient (Wildman–Crippen LogP) is 2.21. The summed E-state index contributed by atoms with van der Waals surface area (Å²) in [5.74, 6) is -5.01. The fourth-order valence-corrected chi connectivity index (χ4v) is 6.47. The van der Waals surface area contributed by atoms with Crippen LogP contribution in [0.1, 0.15) is 62.3 Å². The number of unbranched alkanes of at least 4 members (excludes halogenated alkanes) is 1. The maximum atomic E-state index is 14.1. The van der Waals surface area contributed by atoms with E-state index < -0.39 is 53.3 Å². The minimum Gasteiger partial charge on any atom is -0.369 e. The van der Waals surface area contributed by atoms with Crippen LogP contribution in [0.25, 0.3) is 10.9 Å². The normalized spacial score (nSPS) is 14.1. The highest BCUT2D eigenvalue weighted by Gasteiger charge is 2.31. The monoisotopic (exact) mass is 740 g/mol. The molecule has 0 fully saturated rings. The zero-order valence-electron chi connectivity index (χ0n) is 30.7. The first kappa shape index (κ1) is 41.3. The molecule has 0 radical (unpaired) electrons. The predicted molar refractivity (Wildman–Crippen MR) is 204 cm³/mol. The number of amides is 3. The summed E-state index contributed by atoms with van der Waals surface area (Å²) < 4.78 is 0. The molecule has 10 N–H and O–H groups in total. The van der Waals surface area contributed by atoms with Crippen molar-refractivity contribution in [3.8, 4) is 0 Å². The van der Waals surface area contributed by atoms with E-state index >= 15 is 0 Å². The van der Waals surface area contributed by atoms with Crippen LogP contribution in [0.2, 0.25) is 0 Å². The number of benzene rings is 2. The van der Waals surface area contributed by atoms with Crippen LogP contribution >= 0.6 is 0 Å². The van der Waals surface area contributed by atoms with Gasteiger partial charge in [-0.2, -0.15) is 0 Å². The van der Waals surface area contributed by atoms with Gasteiger partial charge in [0.15, 0.2) is 17.3 Å². The van der Waals surface area contributed by atoms with Crippen LogP contribution in [-0.4, -0.2) is 75.2 Å². The SMILES string of the molecule is C[C@@H](CC(=O)[C@@H](N)Cc1cnc[nH]1)C(=O)NCC(=O)C[C@@H](Cc1c[nH]c2ccccc12)C(=O)N[C@H](Cc1ccccc1)C(=O)C[C@@H](CCCCN)C(N)=O. The molecule has 14 heteroatoms. The van der Waals surface area contributed by atoms with Gasteiger partial charge in [0.2, 0.25) is 17.7 Å². The van der Waals surface area contributed by atoms with Gasteiger partial charge in [0.1, 0.15) is 0 Å². The number of nitrogens with two attached hydrogens (primary N) is 3. The number of primary amides is 1. The average molecular weight is 741 g/mol. The van der Waals surface area contributed by atoms with Crippen LogP contribution in [-0.2, 0) is 48.0 Å². The molecule has 2 aromatic carbocycles. The Kier molecular flexibility index (Phi) is 15.8. The molecule has 288 valence electrons. The number of ketones is 3. The number of nitrogens with zero attached hydrogens (tertiary/aromatic N) is 1. The lowest BCUT2D eigenvalue weighted by Gasteiger charge is -2.24. The number of carbonyl (C=O) groups excluding carboxylic acids is 6. The van der Waals surface area contributed by atoms with E-state index in [-0.39, 0.29) is 56.6 Å². The summed E-state index contributed by atoms with van der Waals surface area (Å²) >= 11 is 0. The Morgan fingerprint density at radius 1 is 0.815 bits per heavy atom. The molecular weight excluding hydrogens is 688 g/mol. The molecule has 2 heterocycles. The molecule has 0 aliphatic carbocycles. The van der Waals surface area contributed by atoms with Crippen LogP contribution in [0.4, 0.5) is 0 Å². The minimum absolute atomic E-state index is 0.110. The zero-order chi connectivity index (χ0) is 39.0. The molecule has 0 aliphatic rings. The van der Waals surface area contributed by atoms with Crippen LogP contribution in [0.5, 0.6) is 0 Å². The van der Waals surface area contributed by atoms with Crippen molar-refractivity contribution >= 4 is 46.0 Å². The lowest BCUT2D eigenvalue weighted by atomic mass is 9.89. The van der Waals surface area contributed by atoms with Gasteiger partial charge in [-0.05, 0) is 49.4 Å². The number of fused-ring (bicyclic) bond motifs is 1. The molecule has 5 atom stereocenters. The maximum absolute atomic E-state index is 14.1. The van der Waals surface area contributed by atoms with Crippen LogP contribution in [0.15, 0.2) is 73.3 Å². The number of hydrogen-bond acceptors (Lipinski definition) is 9. The quantitative estimate of drug-likeness (QED) is 0.0520. The average Bonchev–Trinajstić information content (AvgIpc) is 3.83. The maximum Gasteiger partial charge on any atom is 0.224 e. The van der Waals surface area contributed by atoms with Crippen molar-refractivity contribution in [2.45, 2.75) is 76.8 Å². The summed E-state index contributed by atoms with van der Waals surface area (Å²) in [6.45, 7) is 1.68. The first-order valence-corrected chi connectivity index (χ1v) is 18.4. The molecular formula is C40H52N8O6. The van der Waals surface area contributed by atoms with Crippen LogP contribution in [0, 0.1) is 17.8 Å². The highest BCUT2D eigenvalue weighted by molar-refractivity contribution is 5.96. The Labute approximate surface area is 314 Å². The highest BCUT2D eigenvalue weighted by Crippen LogP contribution is 2.23. The standard InChI is InChI=1S/C40H52N8O6/c1-25(15-36(50)33(42)20-30-22-44-24-47-30)39(53)46-23-31(49)18-28(17-29-21-45-34-13-6-5-12-32(29)34)40(54)48-35(16-26-9-3-2-4-10-26)37(51)19-27(38(43)52)11-7-8-14-41/h2-6,9-10,12-13,21-22,24-25,27-28,33,35,45H,7-8,11,14-20,23,41-42H2,1H3,(H2,43,52)(H,44,47)(H,46,53)(H,48,54)/t25-,27+,28+,33-,35+/m0/s1. The van der Waals surface area contributed by atoms with Gasteiger partial charge in [-0.3, -0.25) is 28.8 Å². The van der Waals surface area contributed by atoms with Gasteiger partial charge in [-0.1, -0.05) is 61.9 Å². The minimum atomic E-state index is -0.991. The molecule has 0 saturated heterocycles. The van der Waals surface area contributed by atoms with Crippen molar-refractivity contribution in [2.75, 3.05) is 13.1 Å². The number of para-hydroxylation sites is 1. The molecule has 0 saturated carbocycles. The lowest BCUT2D eigenvalue weighted by Crippen LogP contribution is -2.47. The van der Waals surface area contributed by atoms with Crippen molar-refractivity contribution in [1.82, 2.24) is 25.6 Å². The Morgan fingerprint density at radius 3 is 2.26 bits per heavy atom. The first-order valence-electron chi connectivity index (χ1n) is 18.4. The molecule has 3 amide bonds. The van der Waals surface area contributed by atoms with E-state index in [1.54, 1.807) is 19.3 Å². The van der Waals surface area contributed by atoms with E-state index in [9.17, 15) is 28.8 Å². The number of H-pyrrole nitrogens is 2. The summed E-state index contributed by atoms with van der Waals surface area (Å²) in [6.07, 6.45) is 6.68. The van der Waals surface area contributed by atoms with E-state index in [1.807, 2.05) is 54.6 Å². The molecule has 54 heavy (non-hydrogen) atoms. The summed E-state index contributed by atoms with van der Waals surface area (Å²) in [4.78, 5) is 89.3. The lowest BCUT2D eigenvalue weighted by molar-refractivity contribution is -0.134. The van der Waals surface area contributed by atoms with E-state index in [0.717, 1.165) is 22.0 Å². The van der Waals surface area contributed by atoms with Gasteiger partial charge in [0.25, 0.3) is 0 Å². The topological polar surface area (TPSA) is 249 Å². The van der Waals surface area contributed by atoms with Gasteiger partial charge in [-0.15, -0.1) is 0 Å². The summed E-state index contributed by atoms with van der Waals surface area (Å²) in [7, 11) is 0. The third kappa shape index (κ3) is 12.6. The second kappa shape index (κ2) is 20.7. The number of nitrogens with one attached hydrogen (secondary N) is 4. The second-order valence-electron chi connectivity index (χ2n) is 14.0. The summed E-state index contributed by atoms with van der Waals surface area (Å²) in [5, 5.41) is 6.40. The van der Waals surface area contributed by atoms with Gasteiger partial charge >= 0.3 is 0 Å². The molecule has 4 rings (SSSR count). The third-order valence-corrected chi connectivity index (χ3v) is 9.65. The van der Waals surface area contributed by atoms with Crippen LogP contribution < -0.4 is 27.8 Å². The summed E-state index contributed by atoms with van der Waals surface area (Å²) in [6, 6.07) is 15.0. The molecule has 14 nitrogen and oxygen atoms in total. The molecule has 0 spiro atoms. The van der Waals surface area contributed by atoms with Crippen molar-refractivity contribution in [3.63, 3.8) is 0 Å². The second-order valence-corrected chi connectivity index (χ2v) is 14.0. The summed E-state index contributed by atoms with van der Waals surface area (Å²) in [5.41, 5.74) is 20.5. The third-order valence-electron chi connectivity index (χ3n) is 9.65. The molecule has 4 aromatic rings. The van der Waals surface area contributed by atoms with E-state index in [0.29, 0.717) is 31.5 Å². The molecule has 0 unspecified atom stereocenters. The fourth-order valence-electron chi connectivity index (χ4n) is 6.47. The van der Waals surface area contributed by atoms with Crippen molar-refractivity contribution < 1.29 is 28.8 Å². The van der Waals surface area contributed by atoms with Crippen molar-refractivity contribution in [1.29, 1.82) is 0 Å². The number of aromatic amines is 2. The van der Waals surface area contributed by atoms with Gasteiger partial charge in [0.05, 0.1) is 25.0 Å². The first-order chi connectivity index (χ1) is 25.9. The highest BCUT2D eigenvalue weighted by atomic mass is 16.2. The number of hydrogen-bond donors (Lipinski definition) is 7. The zero-order valence-corrected chi connectivity index (χ0v) is 30.7. The van der Waals surface area contributed by atoms with E-state index in [1.165, 1.54) is 6.33 Å². The Bertz CT molecular complexity index is 1860. The number of imidazole rings is 1. The number of rotatable bonds is 24. The van der Waals surface area contributed by atoms with Crippen molar-refractivity contribution in [3.05, 3.63) is 90.1 Å². The van der Waals surface area contributed by atoms with Gasteiger partial charge < -0.3 is 37.8 Å². The Morgan fingerprint density at radius 2 is 1.56 bits per heavy atom. The number of carbonyl (C=O) groups is 6. The van der Waals surface area contributed by atoms with Crippen LogP contribution in [0.3, 0.4) is 0 Å². The van der Waals surface area contributed by atoms with E-state index in [4.69, 9.17) is 17.2 Å². The Hall–Kier alpha value is -5.47. The molecule has 0 bridgehead atoms. The van der Waals surface area contributed by atoms with Gasteiger partial charge in [0, 0.05) is 72.4 Å². The fraction of sp³-hybridized carbons (Fsp3) is 0.425. The largest absolute Gasteiger partial charge is 0.369 e. The van der Waals surface area contributed by atoms with E-state index in [2.05, 4.69) is 25.6 Å². The Balaban J connectivity index is 1.46. The number of aromatic nitrogens is 3. The molecule has 0 aliphatic heterocycles. The molecule has 2 aromatic heterocycles. The van der Waals surface area contributed by atoms with Gasteiger partial charge in [-0.25, -0.2) is 4.98 Å². The number of Topliss-reactive ketones (excluding diaryl/α,β-unsaturated/α-hetero) is 3.